The van der Waals surface area contributed by atoms with Crippen molar-refractivity contribution in [3.05, 3.63) is 81.9 Å². The van der Waals surface area contributed by atoms with E-state index in [1.165, 1.54) is 5.56 Å². The third kappa shape index (κ3) is 3.32. The van der Waals surface area contributed by atoms with Crippen LogP contribution in [-0.4, -0.2) is 17.1 Å². The van der Waals surface area contributed by atoms with Gasteiger partial charge in [-0.15, -0.1) is 0 Å². The number of H-pyrrole nitrogens is 1. The van der Waals surface area contributed by atoms with Crippen LogP contribution in [0.2, 0.25) is 0 Å². The Bertz CT molecular complexity index is 1360. The van der Waals surface area contributed by atoms with E-state index in [0.717, 1.165) is 57.4 Å². The summed E-state index contributed by atoms with van der Waals surface area (Å²) in [5.41, 5.74) is 7.63. The first-order valence-corrected chi connectivity index (χ1v) is 10.7. The molecule has 0 amide bonds. The molecule has 0 radical (unpaired) electrons. The van der Waals surface area contributed by atoms with Crippen LogP contribution in [-0.2, 0) is 5.41 Å². The molecule has 0 saturated heterocycles. The highest BCUT2D eigenvalue weighted by atomic mass is 16.5. The highest BCUT2D eigenvalue weighted by Gasteiger charge is 2.42. The number of fused-ring (bicyclic) bond motifs is 1. The first-order chi connectivity index (χ1) is 14.9. The van der Waals surface area contributed by atoms with Crippen LogP contribution in [0.4, 0.5) is 0 Å². The molecule has 0 unspecified atom stereocenters. The fourth-order valence-electron chi connectivity index (χ4n) is 4.29. The minimum atomic E-state index is -0.0947. The van der Waals surface area contributed by atoms with Crippen molar-refractivity contribution in [3.8, 4) is 28.0 Å². The molecule has 0 spiro atoms. The second-order valence-electron chi connectivity index (χ2n) is 8.94. The Kier molecular flexibility index (Phi) is 4.47. The van der Waals surface area contributed by atoms with Gasteiger partial charge in [0.2, 0.25) is 0 Å². The zero-order valence-electron chi connectivity index (χ0n) is 18.4. The van der Waals surface area contributed by atoms with Gasteiger partial charge in [-0.1, -0.05) is 36.8 Å². The van der Waals surface area contributed by atoms with Crippen molar-refractivity contribution in [2.75, 3.05) is 7.11 Å². The van der Waals surface area contributed by atoms with Gasteiger partial charge in [-0.3, -0.25) is 9.78 Å². The topological polar surface area (TPSA) is 55.0 Å². The van der Waals surface area contributed by atoms with E-state index in [1.54, 1.807) is 7.11 Å². The lowest BCUT2D eigenvalue weighted by atomic mass is 9.89. The SMILES string of the molecule is COc1c(C2(C)CC2)cc(-c2ccc(C)[nH]c2=O)c2ncc(-c3ccc(C)cc3)cc12. The van der Waals surface area contributed by atoms with Crippen molar-refractivity contribution in [1.82, 2.24) is 9.97 Å². The molecule has 1 aliphatic carbocycles. The number of nitrogens with zero attached hydrogens (tertiary/aromatic N) is 1. The van der Waals surface area contributed by atoms with E-state index >= 15 is 0 Å². The Morgan fingerprint density at radius 1 is 0.968 bits per heavy atom. The molecule has 4 aromatic rings. The van der Waals surface area contributed by atoms with Crippen LogP contribution in [0.3, 0.4) is 0 Å². The molecule has 4 heteroatoms. The van der Waals surface area contributed by atoms with Gasteiger partial charge < -0.3 is 9.72 Å². The summed E-state index contributed by atoms with van der Waals surface area (Å²) >= 11 is 0. The van der Waals surface area contributed by atoms with Crippen LogP contribution in [0.15, 0.2) is 59.5 Å². The van der Waals surface area contributed by atoms with Crippen molar-refractivity contribution in [1.29, 1.82) is 0 Å². The molecule has 0 atom stereocenters. The number of nitrogens with one attached hydrogen (secondary N) is 1. The van der Waals surface area contributed by atoms with Crippen LogP contribution in [0.1, 0.15) is 36.6 Å². The molecule has 31 heavy (non-hydrogen) atoms. The van der Waals surface area contributed by atoms with Crippen LogP contribution in [0.25, 0.3) is 33.2 Å². The van der Waals surface area contributed by atoms with E-state index < -0.39 is 0 Å². The monoisotopic (exact) mass is 410 g/mol. The molecule has 2 aromatic carbocycles. The lowest BCUT2D eigenvalue weighted by Crippen LogP contribution is -2.11. The van der Waals surface area contributed by atoms with Gasteiger partial charge in [0.05, 0.1) is 12.6 Å². The number of aromatic nitrogens is 2. The standard InChI is InChI=1S/C27H26N2O2/c1-16-5-8-18(9-6-16)19-13-22-24(28-15-19)21(20-10-7-17(2)29-26(20)30)14-23(25(22)31-4)27(3)11-12-27/h5-10,13-15H,11-12H2,1-4H3,(H,29,30). The first-order valence-electron chi connectivity index (χ1n) is 10.7. The molecule has 2 aromatic heterocycles. The van der Waals surface area contributed by atoms with Gasteiger partial charge in [-0.25, -0.2) is 0 Å². The number of hydrogen-bond acceptors (Lipinski definition) is 3. The lowest BCUT2D eigenvalue weighted by molar-refractivity contribution is 0.410. The maximum Gasteiger partial charge on any atom is 0.256 e. The fourth-order valence-corrected chi connectivity index (χ4v) is 4.29. The second kappa shape index (κ2) is 7.09. The maximum atomic E-state index is 12.8. The molecule has 2 heterocycles. The van der Waals surface area contributed by atoms with Gasteiger partial charge in [0.15, 0.2) is 0 Å². The second-order valence-corrected chi connectivity index (χ2v) is 8.94. The average molecular weight is 411 g/mol. The molecule has 0 bridgehead atoms. The van der Waals surface area contributed by atoms with Gasteiger partial charge >= 0.3 is 0 Å². The molecule has 1 N–H and O–H groups in total. The molecule has 0 aliphatic heterocycles. The molecule has 1 saturated carbocycles. The third-order valence-electron chi connectivity index (χ3n) is 6.51. The van der Waals surface area contributed by atoms with Crippen molar-refractivity contribution < 1.29 is 4.74 Å². The maximum absolute atomic E-state index is 12.8. The number of rotatable bonds is 4. The van der Waals surface area contributed by atoms with Crippen LogP contribution < -0.4 is 10.3 Å². The van der Waals surface area contributed by atoms with Gasteiger partial charge in [0.25, 0.3) is 5.56 Å². The van der Waals surface area contributed by atoms with E-state index in [2.05, 4.69) is 55.2 Å². The van der Waals surface area contributed by atoms with Crippen LogP contribution in [0.5, 0.6) is 5.75 Å². The van der Waals surface area contributed by atoms with Crippen LogP contribution >= 0.6 is 0 Å². The normalized spacial score (nSPS) is 14.6. The summed E-state index contributed by atoms with van der Waals surface area (Å²) < 4.78 is 5.95. The molecule has 1 aliphatic rings. The number of benzene rings is 2. The van der Waals surface area contributed by atoms with E-state index in [9.17, 15) is 4.79 Å². The quantitative estimate of drug-likeness (QED) is 0.453. The summed E-state index contributed by atoms with van der Waals surface area (Å²) in [7, 11) is 1.72. The Morgan fingerprint density at radius 2 is 1.71 bits per heavy atom. The van der Waals surface area contributed by atoms with Gasteiger partial charge in [-0.2, -0.15) is 0 Å². The molecular formula is C27H26N2O2. The Balaban J connectivity index is 1.83. The van der Waals surface area contributed by atoms with Gasteiger partial charge in [-0.05, 0) is 61.9 Å². The summed E-state index contributed by atoms with van der Waals surface area (Å²) in [5.74, 6) is 0.865. The van der Waals surface area contributed by atoms with E-state index in [0.29, 0.717) is 5.56 Å². The smallest absolute Gasteiger partial charge is 0.256 e. The molecular weight excluding hydrogens is 384 g/mol. The highest BCUT2D eigenvalue weighted by molar-refractivity contribution is 6.00. The first kappa shape index (κ1) is 19.6. The number of ether oxygens (including phenoxy) is 1. The molecule has 1 fully saturated rings. The summed E-state index contributed by atoms with van der Waals surface area (Å²) in [4.78, 5) is 20.6. The minimum Gasteiger partial charge on any atom is -0.496 e. The van der Waals surface area contributed by atoms with E-state index in [1.807, 2.05) is 25.3 Å². The number of aryl methyl sites for hydroxylation is 2. The van der Waals surface area contributed by atoms with Gasteiger partial charge in [0.1, 0.15) is 5.75 Å². The number of methoxy groups -OCH3 is 1. The van der Waals surface area contributed by atoms with Crippen molar-refractivity contribution in [2.45, 2.75) is 39.0 Å². The largest absolute Gasteiger partial charge is 0.496 e. The average Bonchev–Trinajstić information content (AvgIpc) is 3.51. The van der Waals surface area contributed by atoms with Crippen molar-refractivity contribution >= 4 is 10.9 Å². The predicted octanol–water partition coefficient (Wildman–Crippen LogP) is 5.93. The van der Waals surface area contributed by atoms with E-state index in [-0.39, 0.29) is 11.0 Å². The summed E-state index contributed by atoms with van der Waals surface area (Å²) in [5, 5.41) is 0.946. The predicted molar refractivity (Wildman–Crippen MR) is 126 cm³/mol. The Morgan fingerprint density at radius 3 is 2.35 bits per heavy atom. The summed E-state index contributed by atoms with van der Waals surface area (Å²) in [6, 6.07) is 16.5. The number of aromatic amines is 1. The van der Waals surface area contributed by atoms with Crippen molar-refractivity contribution in [2.24, 2.45) is 0 Å². The molecule has 5 rings (SSSR count). The summed E-state index contributed by atoms with van der Waals surface area (Å²) in [6.45, 7) is 6.23. The molecule has 4 nitrogen and oxygen atoms in total. The number of pyridine rings is 2. The molecule has 156 valence electrons. The Labute approximate surface area is 181 Å². The lowest BCUT2D eigenvalue weighted by Gasteiger charge is -2.19. The fraction of sp³-hybridized carbons (Fsp3) is 0.259. The van der Waals surface area contributed by atoms with Crippen LogP contribution in [0, 0.1) is 13.8 Å². The Hall–Kier alpha value is -3.40. The van der Waals surface area contributed by atoms with E-state index in [4.69, 9.17) is 9.72 Å². The number of hydrogen-bond donors (Lipinski definition) is 1. The van der Waals surface area contributed by atoms with Crippen molar-refractivity contribution in [3.63, 3.8) is 0 Å². The van der Waals surface area contributed by atoms with Gasteiger partial charge in [0, 0.05) is 39.5 Å². The summed E-state index contributed by atoms with van der Waals surface area (Å²) in [6.07, 6.45) is 4.12. The zero-order valence-corrected chi connectivity index (χ0v) is 18.4. The minimum absolute atomic E-state index is 0.0750. The highest BCUT2D eigenvalue weighted by Crippen LogP contribution is 2.53. The third-order valence-corrected chi connectivity index (χ3v) is 6.51. The zero-order chi connectivity index (χ0) is 21.8.